The van der Waals surface area contributed by atoms with Gasteiger partial charge < -0.3 is 0 Å². The Balaban J connectivity index is 1.97. The fourth-order valence-corrected chi connectivity index (χ4v) is 1.99. The summed E-state index contributed by atoms with van der Waals surface area (Å²) >= 11 is 3.42. The lowest BCUT2D eigenvalue weighted by atomic mass is 10.1. The molecule has 0 aliphatic heterocycles. The van der Waals surface area contributed by atoms with Crippen molar-refractivity contribution in [1.82, 2.24) is 0 Å². The van der Waals surface area contributed by atoms with Crippen LogP contribution < -0.4 is 0 Å². The molecule has 1 aromatic rings. The molecule has 0 spiro atoms. The molecule has 2 heteroatoms. The maximum Gasteiger partial charge on any atom is 0.159 e. The van der Waals surface area contributed by atoms with Crippen LogP contribution in [-0.2, 0) is 4.79 Å². The van der Waals surface area contributed by atoms with Crippen LogP contribution in [0.5, 0.6) is 0 Å². The van der Waals surface area contributed by atoms with Crippen LogP contribution in [0.4, 0.5) is 0 Å². The molecule has 2 rings (SSSR count). The smallest absolute Gasteiger partial charge is 0.159 e. The lowest BCUT2D eigenvalue weighted by molar-refractivity contribution is -0.115. The normalized spacial score (nSPS) is 25.2. The predicted molar refractivity (Wildman–Crippen MR) is 61.3 cm³/mol. The van der Waals surface area contributed by atoms with E-state index < -0.39 is 0 Å². The first kappa shape index (κ1) is 9.66. The molecule has 0 radical (unpaired) electrons. The Labute approximate surface area is 92.0 Å². The number of carbonyl (C=O) groups excluding carboxylic acids is 1. The molecular formula is C12H11BrO. The molecule has 0 saturated heterocycles. The summed E-state index contributed by atoms with van der Waals surface area (Å²) in [4.78, 5) is 11.9. The van der Waals surface area contributed by atoms with Crippen LogP contribution in [0.15, 0.2) is 36.4 Å². The van der Waals surface area contributed by atoms with Crippen molar-refractivity contribution in [2.45, 2.75) is 11.2 Å². The first-order valence-electron chi connectivity index (χ1n) is 4.68. The van der Waals surface area contributed by atoms with Gasteiger partial charge in [-0.2, -0.15) is 0 Å². The first-order chi connectivity index (χ1) is 6.77. The van der Waals surface area contributed by atoms with Crippen LogP contribution in [0.2, 0.25) is 0 Å². The Bertz CT molecular complexity index is 356. The molecule has 0 bridgehead atoms. The molecule has 0 aromatic heterocycles. The highest BCUT2D eigenvalue weighted by atomic mass is 79.9. The zero-order chi connectivity index (χ0) is 9.97. The van der Waals surface area contributed by atoms with Crippen molar-refractivity contribution in [3.05, 3.63) is 42.0 Å². The third-order valence-corrected chi connectivity index (χ3v) is 3.33. The fraction of sp³-hybridized carbons (Fsp3) is 0.250. The van der Waals surface area contributed by atoms with Gasteiger partial charge in [-0.3, -0.25) is 4.79 Å². The number of carbonyl (C=O) groups is 1. The van der Waals surface area contributed by atoms with Gasteiger partial charge in [0.05, 0.1) is 0 Å². The quantitative estimate of drug-likeness (QED) is 0.596. The molecule has 2 atom stereocenters. The van der Waals surface area contributed by atoms with E-state index >= 15 is 0 Å². The van der Waals surface area contributed by atoms with Gasteiger partial charge in [0.15, 0.2) is 5.78 Å². The first-order valence-corrected chi connectivity index (χ1v) is 5.60. The molecule has 72 valence electrons. The minimum atomic E-state index is 0.218. The molecule has 0 N–H and O–H groups in total. The van der Waals surface area contributed by atoms with Crippen molar-refractivity contribution in [1.29, 1.82) is 0 Å². The Morgan fingerprint density at radius 2 is 2.00 bits per heavy atom. The minimum Gasteiger partial charge on any atom is -0.295 e. The van der Waals surface area contributed by atoms with Crippen LogP contribution in [-0.4, -0.2) is 10.6 Å². The molecule has 0 unspecified atom stereocenters. The van der Waals surface area contributed by atoms with Crippen LogP contribution in [0, 0.1) is 5.92 Å². The highest BCUT2D eigenvalue weighted by molar-refractivity contribution is 9.09. The summed E-state index contributed by atoms with van der Waals surface area (Å²) in [6.07, 6.45) is 4.54. The lowest BCUT2D eigenvalue weighted by Gasteiger charge is -1.91. The summed E-state index contributed by atoms with van der Waals surface area (Å²) in [6, 6.07) is 9.88. The second-order valence-corrected chi connectivity index (χ2v) is 4.68. The molecule has 1 aliphatic carbocycles. The number of rotatable bonds is 3. The summed E-state index contributed by atoms with van der Waals surface area (Å²) < 4.78 is 0. The van der Waals surface area contributed by atoms with E-state index in [2.05, 4.69) is 15.9 Å². The third kappa shape index (κ3) is 2.32. The van der Waals surface area contributed by atoms with Crippen molar-refractivity contribution in [2.24, 2.45) is 5.92 Å². The molecule has 14 heavy (non-hydrogen) atoms. The Morgan fingerprint density at radius 3 is 2.57 bits per heavy atom. The van der Waals surface area contributed by atoms with Crippen molar-refractivity contribution < 1.29 is 4.79 Å². The zero-order valence-corrected chi connectivity index (χ0v) is 9.28. The van der Waals surface area contributed by atoms with E-state index in [1.807, 2.05) is 36.4 Å². The summed E-state index contributed by atoms with van der Waals surface area (Å²) in [6.45, 7) is 0. The number of ketones is 1. The van der Waals surface area contributed by atoms with Gasteiger partial charge in [-0.1, -0.05) is 52.3 Å². The fourth-order valence-electron chi connectivity index (χ4n) is 1.32. The van der Waals surface area contributed by atoms with Gasteiger partial charge in [-0.25, -0.2) is 0 Å². The predicted octanol–water partition coefficient (Wildman–Crippen LogP) is 3.05. The Hall–Kier alpha value is -0.890. The molecule has 1 aromatic carbocycles. The highest BCUT2D eigenvalue weighted by Gasteiger charge is 2.39. The van der Waals surface area contributed by atoms with Gasteiger partial charge >= 0.3 is 0 Å². The zero-order valence-electron chi connectivity index (χ0n) is 7.69. The number of hydrogen-bond donors (Lipinski definition) is 0. The minimum absolute atomic E-state index is 0.218. The van der Waals surface area contributed by atoms with E-state index in [4.69, 9.17) is 0 Å². The molecule has 1 aliphatic rings. The van der Waals surface area contributed by atoms with E-state index in [1.165, 1.54) is 0 Å². The average Bonchev–Trinajstić information content (AvgIpc) is 2.94. The van der Waals surface area contributed by atoms with Crippen molar-refractivity contribution in [2.75, 3.05) is 0 Å². The molecule has 1 nitrogen and oxygen atoms in total. The lowest BCUT2D eigenvalue weighted by Crippen LogP contribution is -1.96. The Morgan fingerprint density at radius 1 is 1.36 bits per heavy atom. The number of alkyl halides is 1. The molecular weight excluding hydrogens is 240 g/mol. The topological polar surface area (TPSA) is 17.1 Å². The summed E-state index contributed by atoms with van der Waals surface area (Å²) in [7, 11) is 0. The maximum absolute atomic E-state index is 11.5. The van der Waals surface area contributed by atoms with E-state index in [1.54, 1.807) is 6.08 Å². The van der Waals surface area contributed by atoms with Gasteiger partial charge in [0.25, 0.3) is 0 Å². The monoisotopic (exact) mass is 250 g/mol. The van der Waals surface area contributed by atoms with Crippen LogP contribution >= 0.6 is 15.9 Å². The van der Waals surface area contributed by atoms with Gasteiger partial charge in [0.2, 0.25) is 0 Å². The van der Waals surface area contributed by atoms with Gasteiger partial charge in [-0.05, 0) is 18.1 Å². The second kappa shape index (κ2) is 4.09. The average molecular weight is 251 g/mol. The molecule has 0 heterocycles. The SMILES string of the molecule is O=C(/C=C/c1ccccc1)[C@H]1C[C@H]1Br. The molecule has 1 saturated carbocycles. The van der Waals surface area contributed by atoms with E-state index in [0.29, 0.717) is 4.83 Å². The summed E-state index contributed by atoms with van der Waals surface area (Å²) in [5.74, 6) is 0.450. The van der Waals surface area contributed by atoms with Crippen molar-refractivity contribution >= 4 is 27.8 Å². The summed E-state index contributed by atoms with van der Waals surface area (Å²) in [5, 5.41) is 0. The van der Waals surface area contributed by atoms with Gasteiger partial charge in [0.1, 0.15) is 0 Å². The number of halogens is 1. The third-order valence-electron chi connectivity index (χ3n) is 2.32. The standard InChI is InChI=1S/C12H11BrO/c13-11-8-10(11)12(14)7-6-9-4-2-1-3-5-9/h1-7,10-11H,8H2/b7-6+/t10-,11+/m0/s1. The van der Waals surface area contributed by atoms with Crippen LogP contribution in [0.3, 0.4) is 0 Å². The van der Waals surface area contributed by atoms with Crippen molar-refractivity contribution in [3.63, 3.8) is 0 Å². The number of allylic oxidation sites excluding steroid dienone is 1. The summed E-state index contributed by atoms with van der Waals surface area (Å²) in [5.41, 5.74) is 1.08. The highest BCUT2D eigenvalue weighted by Crippen LogP contribution is 2.38. The van der Waals surface area contributed by atoms with E-state index in [0.717, 1.165) is 12.0 Å². The van der Waals surface area contributed by atoms with Crippen molar-refractivity contribution in [3.8, 4) is 0 Å². The van der Waals surface area contributed by atoms with Gasteiger partial charge in [-0.15, -0.1) is 0 Å². The number of hydrogen-bond acceptors (Lipinski definition) is 1. The van der Waals surface area contributed by atoms with Crippen LogP contribution in [0.1, 0.15) is 12.0 Å². The molecule has 1 fully saturated rings. The number of benzene rings is 1. The largest absolute Gasteiger partial charge is 0.295 e. The Kier molecular flexibility index (Phi) is 2.82. The maximum atomic E-state index is 11.5. The van der Waals surface area contributed by atoms with E-state index in [-0.39, 0.29) is 11.7 Å². The second-order valence-electron chi connectivity index (χ2n) is 3.50. The van der Waals surface area contributed by atoms with Crippen LogP contribution in [0.25, 0.3) is 6.08 Å². The van der Waals surface area contributed by atoms with E-state index in [9.17, 15) is 4.79 Å². The van der Waals surface area contributed by atoms with Gasteiger partial charge in [0, 0.05) is 10.7 Å². The molecule has 0 amide bonds.